The maximum absolute atomic E-state index is 5.72. The van der Waals surface area contributed by atoms with E-state index in [-0.39, 0.29) is 0 Å². The minimum Gasteiger partial charge on any atom is -0.382 e. The maximum atomic E-state index is 5.72. The van der Waals surface area contributed by atoms with Crippen molar-refractivity contribution in [3.8, 4) is 0 Å². The Kier molecular flexibility index (Phi) is 4.93. The molecule has 4 heteroatoms. The van der Waals surface area contributed by atoms with Crippen molar-refractivity contribution in [3.05, 3.63) is 29.6 Å². The molecule has 2 N–H and O–H groups in total. The summed E-state index contributed by atoms with van der Waals surface area (Å²) in [5.41, 5.74) is 2.53. The number of ether oxygens (including phenoxy) is 2. The first kappa shape index (κ1) is 11.8. The first-order valence-electron chi connectivity index (χ1n) is 4.85. The summed E-state index contributed by atoms with van der Waals surface area (Å²) in [6.45, 7) is 3.53. The fourth-order valence-electron chi connectivity index (χ4n) is 1.23. The largest absolute Gasteiger partial charge is 0.382 e. The molecule has 0 fully saturated rings. The quantitative estimate of drug-likeness (QED) is 0.522. The Morgan fingerprint density at radius 1 is 1.47 bits per heavy atom. The predicted molar refractivity (Wildman–Crippen MR) is 57.5 cm³/mol. The van der Waals surface area contributed by atoms with Gasteiger partial charge in [0.05, 0.1) is 19.8 Å². The van der Waals surface area contributed by atoms with Gasteiger partial charge in [0.15, 0.2) is 5.71 Å². The summed E-state index contributed by atoms with van der Waals surface area (Å²) < 4.78 is 10.3. The number of nitrogens with two attached hydrogens (primary N) is 1. The Hall–Kier alpha value is -1.26. The highest BCUT2D eigenvalue weighted by Crippen LogP contribution is 2.06. The van der Waals surface area contributed by atoms with E-state index in [9.17, 15) is 0 Å². The van der Waals surface area contributed by atoms with Crippen molar-refractivity contribution in [1.82, 2.24) is 4.98 Å². The fraction of sp³-hybridized carbons (Fsp3) is 0.455. The van der Waals surface area contributed by atoms with Crippen LogP contribution in [-0.4, -0.2) is 31.0 Å². The molecule has 82 valence electrons. The van der Waals surface area contributed by atoms with Crippen LogP contribution in [0.15, 0.2) is 18.3 Å². The minimum atomic E-state index is 0.515. The third-order valence-electron chi connectivity index (χ3n) is 1.95. The summed E-state index contributed by atoms with van der Waals surface area (Å²) >= 11 is 0. The van der Waals surface area contributed by atoms with Gasteiger partial charge in [-0.1, -0.05) is 6.07 Å². The molecule has 0 spiro atoms. The Balaban J connectivity index is 2.56. The van der Waals surface area contributed by atoms with Crippen molar-refractivity contribution >= 4 is 5.71 Å². The normalized spacial score (nSPS) is 10.3. The molecule has 1 heterocycles. The van der Waals surface area contributed by atoms with E-state index in [2.05, 4.69) is 4.98 Å². The molecule has 0 unspecified atom stereocenters. The second kappa shape index (κ2) is 6.27. The Labute approximate surface area is 89.8 Å². The molecule has 0 amide bonds. The van der Waals surface area contributed by atoms with E-state index in [1.165, 1.54) is 0 Å². The van der Waals surface area contributed by atoms with Crippen LogP contribution in [0.5, 0.6) is 0 Å². The van der Waals surface area contributed by atoms with E-state index >= 15 is 0 Å². The topological polar surface area (TPSA) is 56.9 Å². The molecule has 1 aromatic rings. The number of nitrogens with zero attached hydrogens (tertiary/aromatic N) is 1. The van der Waals surface area contributed by atoms with Crippen molar-refractivity contribution in [1.29, 1.82) is 0 Å². The highest BCUT2D eigenvalue weighted by molar-refractivity contribution is 5.93. The van der Waals surface area contributed by atoms with Crippen LogP contribution < -0.4 is 5.41 Å². The van der Waals surface area contributed by atoms with Crippen LogP contribution in [0, 0.1) is 0 Å². The average Bonchev–Trinajstić information content (AvgIpc) is 2.25. The summed E-state index contributed by atoms with van der Waals surface area (Å²) in [7, 11) is 1.65. The van der Waals surface area contributed by atoms with Gasteiger partial charge >= 0.3 is 0 Å². The number of pyridine rings is 1. The third-order valence-corrected chi connectivity index (χ3v) is 1.95. The Bertz CT molecular complexity index is 326. The number of rotatable bonds is 6. The summed E-state index contributed by atoms with van der Waals surface area (Å²) in [4.78, 5) is 4.20. The average molecular weight is 209 g/mol. The zero-order chi connectivity index (χ0) is 11.1. The van der Waals surface area contributed by atoms with Crippen molar-refractivity contribution in [2.45, 2.75) is 13.5 Å². The fourth-order valence-corrected chi connectivity index (χ4v) is 1.23. The standard InChI is InChI=1S/C11H16N2O2/c1-9(12)11-10(4-3-5-13-11)8-15-7-6-14-2/h3-5,12H,6-8H2,1-2H3/p+1. The lowest BCUT2D eigenvalue weighted by atomic mass is 10.1. The van der Waals surface area contributed by atoms with Crippen molar-refractivity contribution < 1.29 is 14.9 Å². The Morgan fingerprint density at radius 2 is 2.27 bits per heavy atom. The zero-order valence-corrected chi connectivity index (χ0v) is 9.19. The molecule has 0 aliphatic heterocycles. The van der Waals surface area contributed by atoms with E-state index in [0.29, 0.717) is 25.5 Å². The van der Waals surface area contributed by atoms with Gasteiger partial charge in [-0.2, -0.15) is 0 Å². The molecule has 0 saturated heterocycles. The van der Waals surface area contributed by atoms with E-state index in [1.807, 2.05) is 19.1 Å². The number of hydrogen-bond acceptors (Lipinski definition) is 3. The van der Waals surface area contributed by atoms with Gasteiger partial charge in [0, 0.05) is 25.8 Å². The lowest BCUT2D eigenvalue weighted by Gasteiger charge is -2.05. The summed E-state index contributed by atoms with van der Waals surface area (Å²) in [6, 6.07) is 3.84. The van der Waals surface area contributed by atoms with E-state index in [4.69, 9.17) is 14.9 Å². The smallest absolute Gasteiger partial charge is 0.195 e. The van der Waals surface area contributed by atoms with Gasteiger partial charge in [-0.15, -0.1) is 0 Å². The third kappa shape index (κ3) is 3.77. The summed E-state index contributed by atoms with van der Waals surface area (Å²) in [6.07, 6.45) is 1.73. The number of methoxy groups -OCH3 is 1. The molecule has 4 nitrogen and oxygen atoms in total. The molecule has 0 aromatic carbocycles. The van der Waals surface area contributed by atoms with E-state index in [1.54, 1.807) is 13.3 Å². The SMILES string of the molecule is COCCOCc1cccnc1C(C)=[NH2+]. The first-order chi connectivity index (χ1) is 7.25. The summed E-state index contributed by atoms with van der Waals surface area (Å²) in [5, 5.41) is 5.72. The van der Waals surface area contributed by atoms with Crippen LogP contribution in [0.3, 0.4) is 0 Å². The van der Waals surface area contributed by atoms with Gasteiger partial charge in [0.1, 0.15) is 5.69 Å². The van der Waals surface area contributed by atoms with Gasteiger partial charge < -0.3 is 9.47 Å². The number of aromatic nitrogens is 1. The van der Waals surface area contributed by atoms with Crippen LogP contribution >= 0.6 is 0 Å². The molecule has 0 saturated carbocycles. The molecule has 0 atom stereocenters. The molecular weight excluding hydrogens is 192 g/mol. The highest BCUT2D eigenvalue weighted by Gasteiger charge is 2.08. The van der Waals surface area contributed by atoms with Gasteiger partial charge in [-0.3, -0.25) is 5.41 Å². The molecule has 0 radical (unpaired) electrons. The molecule has 15 heavy (non-hydrogen) atoms. The molecule has 0 bridgehead atoms. The van der Waals surface area contributed by atoms with Crippen molar-refractivity contribution in [2.24, 2.45) is 0 Å². The lowest BCUT2D eigenvalue weighted by molar-refractivity contribution is -0.113. The van der Waals surface area contributed by atoms with Gasteiger partial charge in [0.25, 0.3) is 0 Å². The van der Waals surface area contributed by atoms with Crippen LogP contribution in [0.25, 0.3) is 0 Å². The molecule has 1 aromatic heterocycles. The highest BCUT2D eigenvalue weighted by atomic mass is 16.5. The molecule has 0 aliphatic rings. The predicted octanol–water partition coefficient (Wildman–Crippen LogP) is -0.187. The monoisotopic (exact) mass is 209 g/mol. The van der Waals surface area contributed by atoms with Crippen molar-refractivity contribution in [3.63, 3.8) is 0 Å². The zero-order valence-electron chi connectivity index (χ0n) is 9.19. The second-order valence-corrected chi connectivity index (χ2v) is 3.24. The van der Waals surface area contributed by atoms with Gasteiger partial charge in [-0.25, -0.2) is 4.98 Å². The number of hydrogen-bond donors (Lipinski definition) is 1. The summed E-state index contributed by atoms with van der Waals surface area (Å²) in [5.74, 6) is 0. The van der Waals surface area contributed by atoms with Gasteiger partial charge in [-0.05, 0) is 6.07 Å². The van der Waals surface area contributed by atoms with E-state index in [0.717, 1.165) is 11.3 Å². The second-order valence-electron chi connectivity index (χ2n) is 3.24. The minimum absolute atomic E-state index is 0.515. The van der Waals surface area contributed by atoms with Crippen LogP contribution in [0.4, 0.5) is 0 Å². The van der Waals surface area contributed by atoms with Gasteiger partial charge in [0.2, 0.25) is 0 Å². The first-order valence-corrected chi connectivity index (χ1v) is 4.85. The van der Waals surface area contributed by atoms with Crippen molar-refractivity contribution in [2.75, 3.05) is 20.3 Å². The van der Waals surface area contributed by atoms with Crippen LogP contribution in [0.2, 0.25) is 0 Å². The lowest BCUT2D eigenvalue weighted by Crippen LogP contribution is -2.39. The molecule has 0 aliphatic carbocycles. The molecule has 1 rings (SSSR count). The Morgan fingerprint density at radius 3 is 2.93 bits per heavy atom. The molecular formula is C11H17N2O2+. The van der Waals surface area contributed by atoms with Crippen LogP contribution in [-0.2, 0) is 16.1 Å². The maximum Gasteiger partial charge on any atom is 0.195 e. The van der Waals surface area contributed by atoms with Crippen LogP contribution in [0.1, 0.15) is 18.2 Å². The van der Waals surface area contributed by atoms with E-state index < -0.39 is 0 Å².